The highest BCUT2D eigenvalue weighted by molar-refractivity contribution is 7.86. The Labute approximate surface area is 509 Å². The Morgan fingerprint density at radius 2 is 0.522 bits per heavy atom. The van der Waals surface area contributed by atoms with E-state index in [1.54, 1.807) is 24.3 Å². The molecule has 21 fully saturated rings. The molecule has 21 aliphatic heterocycles. The highest BCUT2D eigenvalue weighted by Gasteiger charge is 2.60. The van der Waals surface area contributed by atoms with Gasteiger partial charge in [-0.1, -0.05) is 30.3 Å². The zero-order chi connectivity index (χ0) is 64.9. The van der Waals surface area contributed by atoms with E-state index < -0.39 is 276 Å². The highest BCUT2D eigenvalue weighted by Crippen LogP contribution is 2.40. The summed E-state index contributed by atoms with van der Waals surface area (Å²) in [4.78, 5) is -0.508. The van der Waals surface area contributed by atoms with E-state index in [-0.39, 0.29) is 0 Å². The largest absolute Gasteiger partial charge is 0.394 e. The van der Waals surface area contributed by atoms with Gasteiger partial charge >= 0.3 is 0 Å². The number of fused-ring (bicyclic) bond motifs is 1. The number of aliphatic hydroxyl groups excluding tert-OH is 20. The second-order valence-electron chi connectivity index (χ2n) is 22.7. The minimum atomic E-state index is -5.10. The SMILES string of the molecule is O=S(=O)(O[C@H]1[C@H](O)[C@H]2O[C@H]3[C@H](O)[C@@H](O)[C@@H](O[C@H]4[C@H](O)[C@@H](O)[C@@H](O[C@H]5[C@H](O)[C@@H](O)[C@@H](O[C@H]6[C@H](O)[C@@H](O)[C@@H](O[C@H]7[C@H](O)[C@@H](O)[C@@H](O[C@H]8[C@H](O)[C@@H](O)[C@@H](O[C@@H]1[C@@H](CO)O2)O[C@@H]8CO)O[C@@H]7CO)O[C@@H]6CO)O[C@@H]5CO)O[C@@H]4CO)O[C@@H]3CO)c1ccc2ccccc2c1. The molecule has 2 aromatic carbocycles. The molecule has 23 rings (SSSR count). The van der Waals surface area contributed by atoms with Gasteiger partial charge in [0.1, 0.15) is 171 Å². The van der Waals surface area contributed by atoms with Gasteiger partial charge in [0.2, 0.25) is 0 Å². The van der Waals surface area contributed by atoms with Crippen molar-refractivity contribution in [1.82, 2.24) is 0 Å². The van der Waals surface area contributed by atoms with Crippen LogP contribution in [0.3, 0.4) is 0 Å². The predicted octanol–water partition coefficient (Wildman–Crippen LogP) is -12.7. The number of hydrogen-bond acceptors (Lipinski definition) is 37. The van der Waals surface area contributed by atoms with Crippen molar-refractivity contribution in [2.45, 2.75) is 220 Å². The molecule has 38 heteroatoms. The second-order valence-corrected chi connectivity index (χ2v) is 24.3. The number of rotatable bonds is 10. The first-order valence-electron chi connectivity index (χ1n) is 28.6. The van der Waals surface area contributed by atoms with Crippen LogP contribution in [0.2, 0.25) is 0 Å². The molecule has 20 N–H and O–H groups in total. The summed E-state index contributed by atoms with van der Waals surface area (Å²) < 4.78 is 115. The Bertz CT molecular complexity index is 2730. The van der Waals surface area contributed by atoms with E-state index in [1.807, 2.05) is 0 Å². The van der Waals surface area contributed by atoms with Crippen molar-refractivity contribution < 1.29 is 181 Å². The molecule has 0 aromatic heterocycles. The van der Waals surface area contributed by atoms with Crippen molar-refractivity contribution in [3.05, 3.63) is 42.5 Å². The summed E-state index contributed by atoms with van der Waals surface area (Å²) in [6.45, 7) is -7.80. The van der Waals surface area contributed by atoms with Crippen LogP contribution in [0.25, 0.3) is 10.8 Å². The van der Waals surface area contributed by atoms with Crippen LogP contribution in [0.15, 0.2) is 47.4 Å². The van der Waals surface area contributed by atoms with Crippen molar-refractivity contribution in [3.8, 4) is 0 Å². The first-order chi connectivity index (χ1) is 42.9. The minimum absolute atomic E-state index is 0.397. The monoisotopic (exact) mass is 1320 g/mol. The van der Waals surface area contributed by atoms with Crippen LogP contribution in [0.4, 0.5) is 0 Å². The quantitative estimate of drug-likeness (QED) is 0.0982. The Kier molecular flexibility index (Phi) is 22.8. The fourth-order valence-corrected chi connectivity index (χ4v) is 13.2. The molecule has 0 radical (unpaired) electrons. The zero-order valence-electron chi connectivity index (χ0n) is 47.0. The fourth-order valence-electron chi connectivity index (χ4n) is 12.0. The van der Waals surface area contributed by atoms with Gasteiger partial charge in [0.05, 0.1) is 51.1 Å². The molecule has 14 bridgehead atoms. The Balaban J connectivity index is 0.976. The maximum Gasteiger partial charge on any atom is 0.297 e. The average Bonchev–Trinajstić information content (AvgIpc) is 0.830. The summed E-state index contributed by atoms with van der Waals surface area (Å²) in [6, 6.07) is 10.3. The smallest absolute Gasteiger partial charge is 0.297 e. The number of benzene rings is 2. The first kappa shape index (κ1) is 70.1. The van der Waals surface area contributed by atoms with E-state index in [0.717, 1.165) is 6.07 Å². The Hall–Kier alpha value is -2.75. The molecule has 21 heterocycles. The number of hydrogen-bond donors (Lipinski definition) is 20. The third-order valence-electron chi connectivity index (χ3n) is 17.0. The summed E-state index contributed by atoms with van der Waals surface area (Å²) in [6.07, 6.45) is -73.6. The topological polar surface area (TPSA) is 577 Å². The van der Waals surface area contributed by atoms with E-state index in [2.05, 4.69) is 0 Å². The van der Waals surface area contributed by atoms with Crippen LogP contribution < -0.4 is 0 Å². The van der Waals surface area contributed by atoms with Crippen LogP contribution in [-0.4, -0.2) is 372 Å². The Morgan fingerprint density at radius 3 is 0.789 bits per heavy atom. The summed E-state index contributed by atoms with van der Waals surface area (Å²) in [5, 5.41) is 225. The molecule has 512 valence electrons. The van der Waals surface area contributed by atoms with Gasteiger partial charge in [-0.3, -0.25) is 4.18 Å². The van der Waals surface area contributed by atoms with E-state index in [9.17, 15) is 111 Å². The molecule has 37 nitrogen and oxygen atoms in total. The molecule has 0 spiro atoms. The van der Waals surface area contributed by atoms with Crippen LogP contribution in [0, 0.1) is 0 Å². The van der Waals surface area contributed by atoms with Crippen molar-refractivity contribution in [1.29, 1.82) is 0 Å². The van der Waals surface area contributed by atoms with E-state index >= 15 is 0 Å². The minimum Gasteiger partial charge on any atom is -0.394 e. The van der Waals surface area contributed by atoms with Crippen molar-refractivity contribution in [2.75, 3.05) is 46.2 Å². The molecular weight excluding hydrogens is 1250 g/mol. The Morgan fingerprint density at radius 1 is 0.289 bits per heavy atom. The molecule has 35 atom stereocenters. The van der Waals surface area contributed by atoms with E-state index in [4.69, 9.17) is 70.5 Å². The summed E-state index contributed by atoms with van der Waals surface area (Å²) >= 11 is 0. The molecule has 0 unspecified atom stereocenters. The van der Waals surface area contributed by atoms with Gasteiger partial charge in [0, 0.05) is 0 Å². The lowest BCUT2D eigenvalue weighted by Gasteiger charge is -2.50. The van der Waals surface area contributed by atoms with Crippen LogP contribution >= 0.6 is 0 Å². The van der Waals surface area contributed by atoms with Crippen molar-refractivity contribution in [2.24, 2.45) is 0 Å². The molecule has 0 saturated carbocycles. The maximum atomic E-state index is 14.3. The van der Waals surface area contributed by atoms with Crippen LogP contribution in [0.1, 0.15) is 0 Å². The molecule has 0 aliphatic carbocycles. The van der Waals surface area contributed by atoms with Gasteiger partial charge in [0.25, 0.3) is 10.1 Å². The molecule has 2 aromatic rings. The second kappa shape index (κ2) is 29.3. The van der Waals surface area contributed by atoms with Gasteiger partial charge in [0.15, 0.2) is 44.0 Å². The van der Waals surface area contributed by atoms with Crippen molar-refractivity contribution in [3.63, 3.8) is 0 Å². The van der Waals surface area contributed by atoms with Crippen LogP contribution in [-0.2, 0) is 80.6 Å². The third kappa shape index (κ3) is 13.7. The summed E-state index contributed by atoms with van der Waals surface area (Å²) in [5.41, 5.74) is 0. The van der Waals surface area contributed by atoms with E-state index in [0.29, 0.717) is 10.8 Å². The molecule has 21 aliphatic rings. The molecular formula is C52H76O37S. The number of ether oxygens (including phenoxy) is 14. The van der Waals surface area contributed by atoms with Gasteiger partial charge < -0.3 is 168 Å². The van der Waals surface area contributed by atoms with E-state index in [1.165, 1.54) is 12.1 Å². The lowest BCUT2D eigenvalue weighted by atomic mass is 9.95. The van der Waals surface area contributed by atoms with Gasteiger partial charge in [-0.25, -0.2) is 0 Å². The van der Waals surface area contributed by atoms with Crippen molar-refractivity contribution >= 4 is 20.9 Å². The van der Waals surface area contributed by atoms with Crippen LogP contribution in [0.5, 0.6) is 0 Å². The molecule has 21 saturated heterocycles. The maximum absolute atomic E-state index is 14.3. The standard InChI is InChI=1S/C52H76O37S/c53-8-18-38-26(61)32(67)47(76-18)84-40-20(10-55)78-49(34(69)28(40)63)86-42-22(12-57)80-51(36(71)30(42)65)88-44-24(14-59)81-52(37(72)45(44)89-90(73,74)17-6-5-15-3-1-2-4-16(15)7-17)87-43-23(13-58)79-50(35(70)29(43)64)85-41-21(11-56)77-48(33(68)27(41)62)83-39-19(9-54)75-46(82-38)31(66)25(39)60/h1-7,18-72H,8-14H2/t18-,19-,20-,21-,22-,23-,24-,25-,26-,27-,28-,29-,30-,31-,32-,33-,34-,35-,36-,37+,38-,39-,40-,41-,42-,43-,44-,45+,46-,47-,48-,49-,50-,51-,52-/m1/s1. The third-order valence-corrected chi connectivity index (χ3v) is 18.3. The van der Waals surface area contributed by atoms with Gasteiger partial charge in [-0.15, -0.1) is 0 Å². The first-order valence-corrected chi connectivity index (χ1v) is 30.0. The fraction of sp³-hybridized carbons (Fsp3) is 0.808. The van der Waals surface area contributed by atoms with Gasteiger partial charge in [-0.2, -0.15) is 8.42 Å². The van der Waals surface area contributed by atoms with Gasteiger partial charge in [-0.05, 0) is 22.9 Å². The highest BCUT2D eigenvalue weighted by atomic mass is 32.2. The predicted molar refractivity (Wildman–Crippen MR) is 278 cm³/mol. The summed E-state index contributed by atoms with van der Waals surface area (Å²) in [5.74, 6) is 0. The number of aliphatic hydroxyl groups is 20. The lowest BCUT2D eigenvalue weighted by molar-refractivity contribution is -0.396. The molecule has 0 amide bonds. The average molecular weight is 1330 g/mol. The summed E-state index contributed by atoms with van der Waals surface area (Å²) in [7, 11) is -5.10. The molecule has 90 heavy (non-hydrogen) atoms. The normalized spacial score (nSPS) is 49.3. The zero-order valence-corrected chi connectivity index (χ0v) is 47.8. The lowest BCUT2D eigenvalue weighted by Crippen LogP contribution is -2.68.